The van der Waals surface area contributed by atoms with Crippen LogP contribution in [0.15, 0.2) is 206 Å². The van der Waals surface area contributed by atoms with Crippen molar-refractivity contribution < 1.29 is 4.74 Å². The molecule has 12 rings (SSSR count). The molecule has 0 aromatic heterocycles. The van der Waals surface area contributed by atoms with Gasteiger partial charge in [-0.1, -0.05) is 188 Å². The van der Waals surface area contributed by atoms with Crippen molar-refractivity contribution in [2.75, 3.05) is 0 Å². The van der Waals surface area contributed by atoms with Gasteiger partial charge in [-0.15, -0.1) is 0 Å². The number of ether oxygens (including phenoxy) is 1. The van der Waals surface area contributed by atoms with Crippen molar-refractivity contribution in [1.29, 1.82) is 0 Å². The fraction of sp³-hybridized carbons (Fsp3) is 0.0370. The number of hydrogen-bond donors (Lipinski definition) is 0. The molecule has 3 aliphatic rings. The van der Waals surface area contributed by atoms with Gasteiger partial charge in [0.2, 0.25) is 0 Å². The largest absolute Gasteiger partial charge is 0.456 e. The van der Waals surface area contributed by atoms with Gasteiger partial charge in [0.05, 0.1) is 10.8 Å². The van der Waals surface area contributed by atoms with Crippen LogP contribution in [0.2, 0.25) is 0 Å². The highest BCUT2D eigenvalue weighted by Crippen LogP contribution is 2.64. The van der Waals surface area contributed by atoms with E-state index in [-0.39, 0.29) is 0 Å². The highest BCUT2D eigenvalue weighted by molar-refractivity contribution is 6.04. The first kappa shape index (κ1) is 30.5. The summed E-state index contributed by atoms with van der Waals surface area (Å²) >= 11 is 0. The van der Waals surface area contributed by atoms with E-state index in [9.17, 15) is 0 Å². The summed E-state index contributed by atoms with van der Waals surface area (Å²) in [5.74, 6) is 1.84. The van der Waals surface area contributed by atoms with E-state index in [1.807, 2.05) is 0 Å². The molecule has 1 heteroatoms. The van der Waals surface area contributed by atoms with E-state index in [1.54, 1.807) is 0 Å². The number of benzene rings is 9. The van der Waals surface area contributed by atoms with Crippen LogP contribution in [0, 0.1) is 0 Å². The van der Waals surface area contributed by atoms with Gasteiger partial charge in [-0.3, -0.25) is 0 Å². The second-order valence-electron chi connectivity index (χ2n) is 15.1. The van der Waals surface area contributed by atoms with Crippen LogP contribution in [0.5, 0.6) is 11.5 Å². The van der Waals surface area contributed by atoms with Crippen molar-refractivity contribution in [3.05, 3.63) is 251 Å². The summed E-state index contributed by atoms with van der Waals surface area (Å²) in [7, 11) is 0. The third-order valence-corrected chi connectivity index (χ3v) is 12.6. The summed E-state index contributed by atoms with van der Waals surface area (Å²) in [6, 6.07) is 76.2. The van der Waals surface area contributed by atoms with Crippen molar-refractivity contribution in [2.24, 2.45) is 0 Å². The van der Waals surface area contributed by atoms with Crippen molar-refractivity contribution in [1.82, 2.24) is 0 Å². The predicted octanol–water partition coefficient (Wildman–Crippen LogP) is 13.3. The average molecular weight is 699 g/mol. The fourth-order valence-electron chi connectivity index (χ4n) is 10.5. The Morgan fingerprint density at radius 2 is 0.764 bits per heavy atom. The van der Waals surface area contributed by atoms with Gasteiger partial charge in [0.15, 0.2) is 0 Å². The van der Waals surface area contributed by atoms with Crippen LogP contribution in [0.25, 0.3) is 44.2 Å². The van der Waals surface area contributed by atoms with Crippen molar-refractivity contribution in [3.8, 4) is 44.9 Å². The summed E-state index contributed by atoms with van der Waals surface area (Å²) in [6.45, 7) is 0. The molecular formula is C54H34O. The first-order valence-corrected chi connectivity index (χ1v) is 19.2. The molecule has 0 N–H and O–H groups in total. The minimum atomic E-state index is -0.555. The lowest BCUT2D eigenvalue weighted by molar-refractivity contribution is 0.442. The predicted molar refractivity (Wildman–Crippen MR) is 224 cm³/mol. The van der Waals surface area contributed by atoms with Crippen LogP contribution >= 0.6 is 0 Å². The number of rotatable bonds is 3. The molecule has 0 bridgehead atoms. The molecule has 55 heavy (non-hydrogen) atoms. The molecule has 1 aliphatic heterocycles. The smallest absolute Gasteiger partial charge is 0.140 e. The Morgan fingerprint density at radius 3 is 1.38 bits per heavy atom. The molecule has 9 aromatic carbocycles. The molecule has 2 aliphatic carbocycles. The highest BCUT2D eigenvalue weighted by atomic mass is 16.5. The fourth-order valence-corrected chi connectivity index (χ4v) is 10.5. The van der Waals surface area contributed by atoms with Crippen LogP contribution in [0.1, 0.15) is 44.5 Å². The van der Waals surface area contributed by atoms with Crippen molar-refractivity contribution >= 4 is 10.8 Å². The van der Waals surface area contributed by atoms with E-state index in [0.29, 0.717) is 0 Å². The SMILES string of the molecule is c1ccc(C2(c3ccccc3)c3ccccc3-c3ccc(-c4cc5c(c6ccccc46)Oc4ccccc4C54c5ccccc5-c5ccccc54)cc32)cc1. The van der Waals surface area contributed by atoms with E-state index in [2.05, 4.69) is 206 Å². The lowest BCUT2D eigenvalue weighted by atomic mass is 9.65. The molecule has 0 radical (unpaired) electrons. The quantitative estimate of drug-likeness (QED) is 0.178. The maximum Gasteiger partial charge on any atom is 0.140 e. The third-order valence-electron chi connectivity index (χ3n) is 12.6. The Hall–Kier alpha value is -6.96. The molecule has 1 spiro atoms. The Balaban J connectivity index is 1.20. The molecule has 0 saturated carbocycles. The standard InChI is InChI=1S/C54H34O/c1-3-17-36(18-4-1)53(37-19-5-2-6-20-37)45-26-12-9-24-41(45)42-32-31-35(33-49(42)53)44-34-50-52(43-25-8-7-21-38(43)44)55-51-30-16-15-29-48(51)54(50)46-27-13-10-22-39(46)40-23-11-14-28-47(40)54/h1-34H. The summed E-state index contributed by atoms with van der Waals surface area (Å²) < 4.78 is 7.06. The topological polar surface area (TPSA) is 9.23 Å². The van der Waals surface area contributed by atoms with E-state index in [4.69, 9.17) is 4.74 Å². The Morgan fingerprint density at radius 1 is 0.291 bits per heavy atom. The average Bonchev–Trinajstić information content (AvgIpc) is 3.72. The van der Waals surface area contributed by atoms with Crippen LogP contribution in [-0.2, 0) is 10.8 Å². The zero-order valence-corrected chi connectivity index (χ0v) is 30.0. The second-order valence-corrected chi connectivity index (χ2v) is 15.1. The van der Waals surface area contributed by atoms with Gasteiger partial charge >= 0.3 is 0 Å². The summed E-state index contributed by atoms with van der Waals surface area (Å²) in [5, 5.41) is 2.29. The Kier molecular flexibility index (Phi) is 6.25. The zero-order chi connectivity index (χ0) is 36.1. The highest BCUT2D eigenvalue weighted by Gasteiger charge is 2.52. The lowest BCUT2D eigenvalue weighted by Gasteiger charge is -2.40. The minimum absolute atomic E-state index is 0.485. The molecule has 1 nitrogen and oxygen atoms in total. The zero-order valence-electron chi connectivity index (χ0n) is 30.0. The van der Waals surface area contributed by atoms with Gasteiger partial charge in [-0.05, 0) is 90.3 Å². The van der Waals surface area contributed by atoms with Gasteiger partial charge < -0.3 is 4.74 Å². The van der Waals surface area contributed by atoms with Crippen LogP contribution in [-0.4, -0.2) is 0 Å². The Labute approximate surface area is 320 Å². The van der Waals surface area contributed by atoms with E-state index < -0.39 is 10.8 Å². The molecule has 0 amide bonds. The van der Waals surface area contributed by atoms with Gasteiger partial charge in [-0.25, -0.2) is 0 Å². The monoisotopic (exact) mass is 698 g/mol. The molecular weight excluding hydrogens is 665 g/mol. The molecule has 0 fully saturated rings. The summed E-state index contributed by atoms with van der Waals surface area (Å²) in [6.07, 6.45) is 0. The van der Waals surface area contributed by atoms with E-state index in [1.165, 1.54) is 83.3 Å². The first-order chi connectivity index (χ1) is 27.3. The van der Waals surface area contributed by atoms with Gasteiger partial charge in [-0.2, -0.15) is 0 Å². The van der Waals surface area contributed by atoms with Gasteiger partial charge in [0.25, 0.3) is 0 Å². The van der Waals surface area contributed by atoms with E-state index >= 15 is 0 Å². The summed E-state index contributed by atoms with van der Waals surface area (Å²) in [4.78, 5) is 0. The Bertz CT molecular complexity index is 2930. The van der Waals surface area contributed by atoms with Crippen molar-refractivity contribution in [2.45, 2.75) is 10.8 Å². The molecule has 1 heterocycles. The van der Waals surface area contributed by atoms with Crippen LogP contribution < -0.4 is 4.74 Å². The lowest BCUT2D eigenvalue weighted by Crippen LogP contribution is -2.32. The summed E-state index contributed by atoms with van der Waals surface area (Å²) in [5.41, 5.74) is 16.6. The van der Waals surface area contributed by atoms with Crippen molar-refractivity contribution in [3.63, 3.8) is 0 Å². The van der Waals surface area contributed by atoms with Gasteiger partial charge in [0.1, 0.15) is 11.5 Å². The van der Waals surface area contributed by atoms with Crippen LogP contribution in [0.4, 0.5) is 0 Å². The van der Waals surface area contributed by atoms with E-state index in [0.717, 1.165) is 16.9 Å². The minimum Gasteiger partial charge on any atom is -0.456 e. The maximum atomic E-state index is 7.06. The molecule has 9 aromatic rings. The number of fused-ring (bicyclic) bond motifs is 14. The number of para-hydroxylation sites is 1. The number of hydrogen-bond acceptors (Lipinski definition) is 1. The first-order valence-electron chi connectivity index (χ1n) is 19.2. The molecule has 0 atom stereocenters. The van der Waals surface area contributed by atoms with Crippen LogP contribution in [0.3, 0.4) is 0 Å². The maximum absolute atomic E-state index is 7.06. The third kappa shape index (κ3) is 3.87. The molecule has 0 saturated heterocycles. The normalized spacial score (nSPS) is 14.6. The van der Waals surface area contributed by atoms with Gasteiger partial charge in [0, 0.05) is 16.5 Å². The second kappa shape index (κ2) is 11.3. The molecule has 256 valence electrons. The molecule has 0 unspecified atom stereocenters.